The molecule has 1 aromatic heterocycles. The van der Waals surface area contributed by atoms with Crippen LogP contribution in [-0.4, -0.2) is 66.3 Å². The standard InChI is InChI=1S/C23H27N5O4/c1-31-11-3-8-28-20-15-17(22(30)27-9-12-32-13-10-27)6-7-19(20)25-23(28)26-21(29)16-4-2-5-18(24)14-16/h2,4-7,14-15H,3,8-13,24H2,1H3,(H,25,26,29). The topological polar surface area (TPSA) is 112 Å². The molecule has 0 spiro atoms. The van der Waals surface area contributed by atoms with Crippen molar-refractivity contribution >= 4 is 34.5 Å². The zero-order valence-electron chi connectivity index (χ0n) is 18.0. The highest BCUT2D eigenvalue weighted by atomic mass is 16.5. The van der Waals surface area contributed by atoms with Crippen LogP contribution in [0.2, 0.25) is 0 Å². The summed E-state index contributed by atoms with van der Waals surface area (Å²) < 4.78 is 12.4. The van der Waals surface area contributed by atoms with Crippen LogP contribution in [0.1, 0.15) is 27.1 Å². The van der Waals surface area contributed by atoms with Gasteiger partial charge < -0.3 is 24.7 Å². The van der Waals surface area contributed by atoms with E-state index >= 15 is 0 Å². The van der Waals surface area contributed by atoms with Gasteiger partial charge in [0.2, 0.25) is 5.95 Å². The highest BCUT2D eigenvalue weighted by Crippen LogP contribution is 2.23. The molecule has 0 atom stereocenters. The Bertz CT molecular complexity index is 1120. The molecule has 0 aliphatic carbocycles. The number of anilines is 2. The van der Waals surface area contributed by atoms with Crippen LogP contribution in [0.4, 0.5) is 11.6 Å². The fraction of sp³-hybridized carbons (Fsp3) is 0.348. The van der Waals surface area contributed by atoms with Crippen LogP contribution in [0.3, 0.4) is 0 Å². The molecular formula is C23H27N5O4. The predicted octanol–water partition coefficient (Wildman–Crippen LogP) is 2.38. The molecule has 3 N–H and O–H groups in total. The van der Waals surface area contributed by atoms with Crippen LogP contribution in [0.25, 0.3) is 11.0 Å². The maximum atomic E-state index is 13.0. The van der Waals surface area contributed by atoms with Crippen molar-refractivity contribution in [3.63, 3.8) is 0 Å². The zero-order valence-corrected chi connectivity index (χ0v) is 18.0. The molecule has 4 rings (SSSR count). The average molecular weight is 438 g/mol. The van der Waals surface area contributed by atoms with Gasteiger partial charge in [0.1, 0.15) is 0 Å². The molecule has 1 saturated heterocycles. The first-order chi connectivity index (χ1) is 15.6. The molecule has 0 unspecified atom stereocenters. The average Bonchev–Trinajstić information content (AvgIpc) is 3.15. The summed E-state index contributed by atoms with van der Waals surface area (Å²) in [5.74, 6) is 0.0786. The molecule has 1 fully saturated rings. The van der Waals surface area contributed by atoms with E-state index in [-0.39, 0.29) is 11.8 Å². The zero-order chi connectivity index (χ0) is 22.5. The van der Waals surface area contributed by atoms with Gasteiger partial charge in [-0.1, -0.05) is 6.07 Å². The molecule has 0 bridgehead atoms. The van der Waals surface area contributed by atoms with E-state index in [4.69, 9.17) is 15.2 Å². The van der Waals surface area contributed by atoms with E-state index in [1.54, 1.807) is 42.3 Å². The fourth-order valence-corrected chi connectivity index (χ4v) is 3.75. The predicted molar refractivity (Wildman–Crippen MR) is 122 cm³/mol. The molecule has 2 aromatic carbocycles. The number of hydrogen-bond acceptors (Lipinski definition) is 6. The third-order valence-corrected chi connectivity index (χ3v) is 5.40. The highest BCUT2D eigenvalue weighted by Gasteiger charge is 2.21. The molecule has 1 aliphatic heterocycles. The number of fused-ring (bicyclic) bond motifs is 1. The van der Waals surface area contributed by atoms with Crippen LogP contribution in [0.15, 0.2) is 42.5 Å². The van der Waals surface area contributed by atoms with Crippen molar-refractivity contribution in [2.45, 2.75) is 13.0 Å². The SMILES string of the molecule is COCCCn1c(NC(=O)c2cccc(N)c2)nc2ccc(C(=O)N3CCOCC3)cc21. The Hall–Kier alpha value is -3.43. The van der Waals surface area contributed by atoms with E-state index in [0.717, 1.165) is 11.9 Å². The Morgan fingerprint density at radius 1 is 1.16 bits per heavy atom. The minimum Gasteiger partial charge on any atom is -0.399 e. The summed E-state index contributed by atoms with van der Waals surface area (Å²) >= 11 is 0. The Kier molecular flexibility index (Phi) is 6.67. The second kappa shape index (κ2) is 9.80. The molecule has 2 amide bonds. The third kappa shape index (κ3) is 4.74. The normalized spacial score (nSPS) is 14.0. The molecular weight excluding hydrogens is 410 g/mol. The van der Waals surface area contributed by atoms with Gasteiger partial charge in [0.05, 0.1) is 24.2 Å². The monoisotopic (exact) mass is 437 g/mol. The van der Waals surface area contributed by atoms with Crippen LogP contribution in [0.5, 0.6) is 0 Å². The number of nitrogens with one attached hydrogen (secondary N) is 1. The lowest BCUT2D eigenvalue weighted by atomic mass is 10.1. The number of nitrogens with two attached hydrogens (primary N) is 1. The van der Waals surface area contributed by atoms with Crippen LogP contribution in [-0.2, 0) is 16.0 Å². The number of ether oxygens (including phenoxy) is 2. The number of aromatic nitrogens is 2. The van der Waals surface area contributed by atoms with E-state index in [1.165, 1.54) is 0 Å². The number of carbonyl (C=O) groups is 2. The second-order valence-electron chi connectivity index (χ2n) is 7.62. The number of rotatable bonds is 7. The first kappa shape index (κ1) is 21.8. The van der Waals surface area contributed by atoms with Gasteiger partial charge in [-0.05, 0) is 42.8 Å². The molecule has 0 radical (unpaired) electrons. The number of carbonyl (C=O) groups excluding carboxylic acids is 2. The maximum Gasteiger partial charge on any atom is 0.258 e. The molecule has 0 saturated carbocycles. The Labute approximate surface area is 186 Å². The molecule has 9 heteroatoms. The van der Waals surface area contributed by atoms with Crippen molar-refractivity contribution in [2.75, 3.05) is 51.1 Å². The molecule has 32 heavy (non-hydrogen) atoms. The molecule has 1 aliphatic rings. The van der Waals surface area contributed by atoms with Crippen LogP contribution >= 0.6 is 0 Å². The van der Waals surface area contributed by atoms with Crippen molar-refractivity contribution in [2.24, 2.45) is 0 Å². The van der Waals surface area contributed by atoms with Crippen LogP contribution < -0.4 is 11.1 Å². The lowest BCUT2D eigenvalue weighted by Crippen LogP contribution is -2.40. The number of methoxy groups -OCH3 is 1. The van der Waals surface area contributed by atoms with Crippen molar-refractivity contribution < 1.29 is 19.1 Å². The molecule has 9 nitrogen and oxygen atoms in total. The van der Waals surface area contributed by atoms with Crippen molar-refractivity contribution in [1.29, 1.82) is 0 Å². The van der Waals surface area contributed by atoms with Crippen molar-refractivity contribution in [3.8, 4) is 0 Å². The van der Waals surface area contributed by atoms with E-state index in [2.05, 4.69) is 10.3 Å². The summed E-state index contributed by atoms with van der Waals surface area (Å²) in [6, 6.07) is 12.2. The highest BCUT2D eigenvalue weighted by molar-refractivity contribution is 6.05. The molecule has 2 heterocycles. The largest absolute Gasteiger partial charge is 0.399 e. The van der Waals surface area contributed by atoms with E-state index in [0.29, 0.717) is 67.7 Å². The summed E-state index contributed by atoms with van der Waals surface area (Å²) in [7, 11) is 1.65. The van der Waals surface area contributed by atoms with Gasteiger partial charge in [0.15, 0.2) is 0 Å². The third-order valence-electron chi connectivity index (χ3n) is 5.40. The Morgan fingerprint density at radius 2 is 1.97 bits per heavy atom. The number of imidazole rings is 1. The minimum atomic E-state index is -0.301. The number of morpholine rings is 1. The van der Waals surface area contributed by atoms with Gasteiger partial charge in [0.25, 0.3) is 11.8 Å². The fourth-order valence-electron chi connectivity index (χ4n) is 3.75. The lowest BCUT2D eigenvalue weighted by Gasteiger charge is -2.26. The van der Waals surface area contributed by atoms with Gasteiger partial charge in [0, 0.05) is 50.2 Å². The van der Waals surface area contributed by atoms with Gasteiger partial charge in [-0.25, -0.2) is 4.98 Å². The van der Waals surface area contributed by atoms with Gasteiger partial charge in [-0.2, -0.15) is 0 Å². The first-order valence-corrected chi connectivity index (χ1v) is 10.6. The van der Waals surface area contributed by atoms with Gasteiger partial charge in [-0.3, -0.25) is 14.9 Å². The Balaban J connectivity index is 1.66. The van der Waals surface area contributed by atoms with Crippen molar-refractivity contribution in [3.05, 3.63) is 53.6 Å². The van der Waals surface area contributed by atoms with E-state index in [1.807, 2.05) is 16.7 Å². The maximum absolute atomic E-state index is 13.0. The number of amides is 2. The first-order valence-electron chi connectivity index (χ1n) is 10.6. The summed E-state index contributed by atoms with van der Waals surface area (Å²) in [5.41, 5.74) is 8.83. The summed E-state index contributed by atoms with van der Waals surface area (Å²) in [5, 5.41) is 2.89. The Morgan fingerprint density at radius 3 is 2.72 bits per heavy atom. The smallest absolute Gasteiger partial charge is 0.258 e. The van der Waals surface area contributed by atoms with Gasteiger partial charge in [-0.15, -0.1) is 0 Å². The number of benzene rings is 2. The number of aryl methyl sites for hydroxylation is 1. The number of hydrogen-bond donors (Lipinski definition) is 2. The van der Waals surface area contributed by atoms with Gasteiger partial charge >= 0.3 is 0 Å². The minimum absolute atomic E-state index is 0.0369. The van der Waals surface area contributed by atoms with Crippen LogP contribution in [0, 0.1) is 0 Å². The van der Waals surface area contributed by atoms with Crippen molar-refractivity contribution in [1.82, 2.24) is 14.5 Å². The number of nitrogens with zero attached hydrogens (tertiary/aromatic N) is 3. The summed E-state index contributed by atoms with van der Waals surface area (Å²) in [6.45, 7) is 3.38. The quantitative estimate of drug-likeness (QED) is 0.434. The second-order valence-corrected chi connectivity index (χ2v) is 7.62. The molecule has 168 valence electrons. The summed E-state index contributed by atoms with van der Waals surface area (Å²) in [4.78, 5) is 32.1. The molecule has 3 aromatic rings. The van der Waals surface area contributed by atoms with E-state index < -0.39 is 0 Å². The lowest BCUT2D eigenvalue weighted by molar-refractivity contribution is 0.0303. The summed E-state index contributed by atoms with van der Waals surface area (Å²) in [6.07, 6.45) is 0.727. The number of nitrogen functional groups attached to an aromatic ring is 1. The van der Waals surface area contributed by atoms with E-state index in [9.17, 15) is 9.59 Å².